The molecule has 0 spiro atoms. The van der Waals surface area contributed by atoms with Gasteiger partial charge in [-0.25, -0.2) is 0 Å². The van der Waals surface area contributed by atoms with Crippen LogP contribution in [-0.2, 0) is 12.8 Å². The SMILES string of the molecule is COc1ccc(-c2c(C)c3c(n2-c2ccc(Cl)cc2)CCCC3)cc1. The first-order chi connectivity index (χ1) is 12.2. The molecule has 0 saturated heterocycles. The lowest BCUT2D eigenvalue weighted by atomic mass is 9.94. The molecule has 0 amide bonds. The van der Waals surface area contributed by atoms with Crippen LogP contribution in [0.1, 0.15) is 29.7 Å². The average Bonchev–Trinajstić information content (AvgIpc) is 2.95. The maximum atomic E-state index is 6.11. The largest absolute Gasteiger partial charge is 0.497 e. The van der Waals surface area contributed by atoms with Gasteiger partial charge in [0, 0.05) is 16.4 Å². The van der Waals surface area contributed by atoms with Gasteiger partial charge in [-0.1, -0.05) is 11.6 Å². The second-order valence-electron chi connectivity index (χ2n) is 6.65. The summed E-state index contributed by atoms with van der Waals surface area (Å²) in [5, 5.41) is 0.771. The van der Waals surface area contributed by atoms with Gasteiger partial charge < -0.3 is 9.30 Å². The van der Waals surface area contributed by atoms with Crippen LogP contribution in [0.4, 0.5) is 0 Å². The second-order valence-corrected chi connectivity index (χ2v) is 7.08. The Morgan fingerprint density at radius 1 is 0.920 bits per heavy atom. The van der Waals surface area contributed by atoms with Crippen LogP contribution in [-0.4, -0.2) is 11.7 Å². The second kappa shape index (κ2) is 6.61. The standard InChI is InChI=1S/C22H22ClNO/c1-15-20-5-3-4-6-21(20)24(18-11-9-17(23)10-12-18)22(15)16-7-13-19(25-2)14-8-16/h7-14H,3-6H2,1-2H3. The van der Waals surface area contributed by atoms with E-state index in [-0.39, 0.29) is 0 Å². The van der Waals surface area contributed by atoms with Gasteiger partial charge in [-0.2, -0.15) is 0 Å². The number of halogens is 1. The molecule has 3 heteroatoms. The smallest absolute Gasteiger partial charge is 0.118 e. The molecule has 0 radical (unpaired) electrons. The predicted molar refractivity (Wildman–Crippen MR) is 104 cm³/mol. The highest BCUT2D eigenvalue weighted by molar-refractivity contribution is 6.30. The number of hydrogen-bond acceptors (Lipinski definition) is 1. The van der Waals surface area contributed by atoms with Gasteiger partial charge in [-0.05, 0) is 97.8 Å². The van der Waals surface area contributed by atoms with Crippen LogP contribution in [0.5, 0.6) is 5.75 Å². The number of rotatable bonds is 3. The molecule has 0 atom stereocenters. The van der Waals surface area contributed by atoms with E-state index >= 15 is 0 Å². The van der Waals surface area contributed by atoms with Crippen molar-refractivity contribution >= 4 is 11.6 Å². The fraction of sp³-hybridized carbons (Fsp3) is 0.273. The fourth-order valence-corrected chi connectivity index (χ4v) is 4.08. The third-order valence-corrected chi connectivity index (χ3v) is 5.44. The van der Waals surface area contributed by atoms with E-state index in [9.17, 15) is 0 Å². The zero-order valence-corrected chi connectivity index (χ0v) is 15.4. The van der Waals surface area contributed by atoms with Crippen molar-refractivity contribution in [1.29, 1.82) is 0 Å². The first-order valence-corrected chi connectivity index (χ1v) is 9.20. The van der Waals surface area contributed by atoms with Crippen LogP contribution in [0.2, 0.25) is 5.02 Å². The Hall–Kier alpha value is -2.19. The summed E-state index contributed by atoms with van der Waals surface area (Å²) in [5.74, 6) is 0.885. The molecule has 1 aromatic heterocycles. The molecule has 2 nitrogen and oxygen atoms in total. The highest BCUT2D eigenvalue weighted by Crippen LogP contribution is 2.38. The van der Waals surface area contributed by atoms with E-state index in [4.69, 9.17) is 16.3 Å². The highest BCUT2D eigenvalue weighted by atomic mass is 35.5. The number of nitrogens with zero attached hydrogens (tertiary/aromatic N) is 1. The first kappa shape index (κ1) is 16.3. The summed E-state index contributed by atoms with van der Waals surface area (Å²) in [5.41, 5.74) is 8.07. The van der Waals surface area contributed by atoms with Crippen molar-refractivity contribution in [3.8, 4) is 22.7 Å². The summed E-state index contributed by atoms with van der Waals surface area (Å²) >= 11 is 6.11. The van der Waals surface area contributed by atoms with Gasteiger partial charge >= 0.3 is 0 Å². The van der Waals surface area contributed by atoms with Crippen LogP contribution in [0.3, 0.4) is 0 Å². The molecule has 1 aliphatic rings. The molecular weight excluding hydrogens is 330 g/mol. The fourth-order valence-electron chi connectivity index (χ4n) is 3.96. The zero-order valence-electron chi connectivity index (χ0n) is 14.7. The van der Waals surface area contributed by atoms with Gasteiger partial charge in [0.2, 0.25) is 0 Å². The molecule has 0 N–H and O–H groups in total. The van der Waals surface area contributed by atoms with E-state index in [0.717, 1.165) is 17.2 Å². The van der Waals surface area contributed by atoms with Crippen LogP contribution < -0.4 is 4.74 Å². The van der Waals surface area contributed by atoms with E-state index < -0.39 is 0 Å². The summed E-state index contributed by atoms with van der Waals surface area (Å²) in [6.07, 6.45) is 4.84. The molecule has 1 heterocycles. The summed E-state index contributed by atoms with van der Waals surface area (Å²) in [6.45, 7) is 2.26. The van der Waals surface area contributed by atoms with Crippen molar-refractivity contribution in [2.24, 2.45) is 0 Å². The Balaban J connectivity index is 1.95. The van der Waals surface area contributed by atoms with Gasteiger partial charge in [-0.15, -0.1) is 0 Å². The van der Waals surface area contributed by atoms with Gasteiger partial charge in [-0.3, -0.25) is 0 Å². The van der Waals surface area contributed by atoms with Crippen LogP contribution in [0, 0.1) is 6.92 Å². The normalized spacial score (nSPS) is 13.6. The number of methoxy groups -OCH3 is 1. The maximum absolute atomic E-state index is 6.11. The molecule has 2 aromatic carbocycles. The van der Waals surface area contributed by atoms with Crippen molar-refractivity contribution in [2.45, 2.75) is 32.6 Å². The summed E-state index contributed by atoms with van der Waals surface area (Å²) in [7, 11) is 1.70. The Labute approximate surface area is 154 Å². The minimum absolute atomic E-state index is 0.771. The maximum Gasteiger partial charge on any atom is 0.118 e. The van der Waals surface area contributed by atoms with E-state index in [2.05, 4.69) is 35.8 Å². The molecular formula is C22H22ClNO. The molecule has 0 aliphatic heterocycles. The third kappa shape index (κ3) is 2.85. The molecule has 128 valence electrons. The van der Waals surface area contributed by atoms with Crippen molar-refractivity contribution in [3.05, 3.63) is 70.4 Å². The van der Waals surface area contributed by atoms with E-state index in [1.54, 1.807) is 7.11 Å². The van der Waals surface area contributed by atoms with Crippen molar-refractivity contribution in [3.63, 3.8) is 0 Å². The zero-order chi connectivity index (χ0) is 17.4. The van der Waals surface area contributed by atoms with E-state index in [1.807, 2.05) is 24.3 Å². The average molecular weight is 352 g/mol. The van der Waals surface area contributed by atoms with Gasteiger partial charge in [0.05, 0.1) is 12.8 Å². The summed E-state index contributed by atoms with van der Waals surface area (Å²) < 4.78 is 7.76. The van der Waals surface area contributed by atoms with Crippen molar-refractivity contribution < 1.29 is 4.74 Å². The molecule has 25 heavy (non-hydrogen) atoms. The monoisotopic (exact) mass is 351 g/mol. The predicted octanol–water partition coefficient (Wildman–Crippen LogP) is 5.99. The molecule has 1 aliphatic carbocycles. The van der Waals surface area contributed by atoms with Crippen LogP contribution >= 0.6 is 11.6 Å². The minimum Gasteiger partial charge on any atom is -0.497 e. The Morgan fingerprint density at radius 3 is 2.28 bits per heavy atom. The number of benzene rings is 2. The number of hydrogen-bond donors (Lipinski definition) is 0. The lowest BCUT2D eigenvalue weighted by Gasteiger charge is -2.17. The third-order valence-electron chi connectivity index (χ3n) is 5.19. The van der Waals surface area contributed by atoms with Gasteiger partial charge in [0.1, 0.15) is 5.75 Å². The molecule has 3 aromatic rings. The van der Waals surface area contributed by atoms with Gasteiger partial charge in [0.15, 0.2) is 0 Å². The molecule has 0 bridgehead atoms. The molecule has 0 saturated carbocycles. The molecule has 0 unspecified atom stereocenters. The Kier molecular flexibility index (Phi) is 4.30. The molecule has 0 fully saturated rings. The summed E-state index contributed by atoms with van der Waals surface area (Å²) in [6, 6.07) is 16.5. The lowest BCUT2D eigenvalue weighted by molar-refractivity contribution is 0.415. The number of ether oxygens (including phenoxy) is 1. The highest BCUT2D eigenvalue weighted by Gasteiger charge is 2.24. The first-order valence-electron chi connectivity index (χ1n) is 8.82. The Morgan fingerprint density at radius 2 is 1.60 bits per heavy atom. The Bertz CT molecular complexity index is 891. The van der Waals surface area contributed by atoms with Gasteiger partial charge in [0.25, 0.3) is 0 Å². The quantitative estimate of drug-likeness (QED) is 0.565. The van der Waals surface area contributed by atoms with E-state index in [1.165, 1.54) is 53.0 Å². The number of aromatic nitrogens is 1. The minimum atomic E-state index is 0.771. The van der Waals surface area contributed by atoms with Crippen molar-refractivity contribution in [1.82, 2.24) is 4.57 Å². The van der Waals surface area contributed by atoms with Crippen LogP contribution in [0.15, 0.2) is 48.5 Å². The summed E-state index contributed by atoms with van der Waals surface area (Å²) in [4.78, 5) is 0. The topological polar surface area (TPSA) is 14.2 Å². The van der Waals surface area contributed by atoms with Crippen molar-refractivity contribution in [2.75, 3.05) is 7.11 Å². The van der Waals surface area contributed by atoms with Crippen LogP contribution in [0.25, 0.3) is 16.9 Å². The lowest BCUT2D eigenvalue weighted by Crippen LogP contribution is -2.07. The van der Waals surface area contributed by atoms with E-state index in [0.29, 0.717) is 0 Å². The number of fused-ring (bicyclic) bond motifs is 1. The molecule has 4 rings (SSSR count).